The molecule has 1 aromatic carbocycles. The first-order valence-corrected chi connectivity index (χ1v) is 9.85. The summed E-state index contributed by atoms with van der Waals surface area (Å²) in [5.74, 6) is 0.912. The van der Waals surface area contributed by atoms with E-state index in [4.69, 9.17) is 5.73 Å². The molecule has 1 atom stereocenters. The smallest absolute Gasteiger partial charge is 0.243 e. The van der Waals surface area contributed by atoms with Crippen molar-refractivity contribution in [2.75, 3.05) is 19.6 Å². The van der Waals surface area contributed by atoms with Gasteiger partial charge in [0, 0.05) is 13.1 Å². The molecule has 122 valence electrons. The van der Waals surface area contributed by atoms with E-state index in [2.05, 4.69) is 0 Å². The third-order valence-corrected chi connectivity index (χ3v) is 7.06. The van der Waals surface area contributed by atoms with Gasteiger partial charge < -0.3 is 5.73 Å². The summed E-state index contributed by atoms with van der Waals surface area (Å²) in [7, 11) is -3.35. The molecule has 1 aliphatic carbocycles. The van der Waals surface area contributed by atoms with Gasteiger partial charge >= 0.3 is 0 Å². The second-order valence-electron chi connectivity index (χ2n) is 6.66. The maximum Gasteiger partial charge on any atom is 0.243 e. The van der Waals surface area contributed by atoms with E-state index in [1.54, 1.807) is 16.4 Å². The van der Waals surface area contributed by atoms with E-state index in [-0.39, 0.29) is 0 Å². The fourth-order valence-corrected chi connectivity index (χ4v) is 5.24. The van der Waals surface area contributed by atoms with Crippen LogP contribution < -0.4 is 5.73 Å². The quantitative estimate of drug-likeness (QED) is 0.927. The number of rotatable bonds is 4. The first-order chi connectivity index (χ1) is 10.6. The SMILES string of the molecule is NCC1CCN(S(=O)(=O)c2ccc(C3CCCCC3)cc2)C1. The van der Waals surface area contributed by atoms with Gasteiger partial charge in [-0.2, -0.15) is 4.31 Å². The highest BCUT2D eigenvalue weighted by Crippen LogP contribution is 2.33. The second kappa shape index (κ2) is 6.69. The molecule has 1 aliphatic heterocycles. The molecule has 1 unspecified atom stereocenters. The van der Waals surface area contributed by atoms with Crippen LogP contribution in [0, 0.1) is 5.92 Å². The molecule has 2 N–H and O–H groups in total. The van der Waals surface area contributed by atoms with Gasteiger partial charge in [0.25, 0.3) is 0 Å². The van der Waals surface area contributed by atoms with Gasteiger partial charge in [-0.3, -0.25) is 0 Å². The van der Waals surface area contributed by atoms with Crippen molar-refractivity contribution in [2.45, 2.75) is 49.3 Å². The summed E-state index contributed by atoms with van der Waals surface area (Å²) in [5, 5.41) is 0. The van der Waals surface area contributed by atoms with Crippen molar-refractivity contribution in [2.24, 2.45) is 11.7 Å². The minimum absolute atomic E-state index is 0.302. The van der Waals surface area contributed by atoms with Crippen LogP contribution in [-0.4, -0.2) is 32.4 Å². The predicted molar refractivity (Wildman–Crippen MR) is 88.2 cm³/mol. The molecule has 0 amide bonds. The molecule has 1 aromatic rings. The van der Waals surface area contributed by atoms with Gasteiger partial charge in [-0.25, -0.2) is 8.42 Å². The lowest BCUT2D eigenvalue weighted by Gasteiger charge is -2.22. The molecule has 0 bridgehead atoms. The molecule has 0 spiro atoms. The Kier molecular flexibility index (Phi) is 4.85. The minimum Gasteiger partial charge on any atom is -0.330 e. The highest BCUT2D eigenvalue weighted by molar-refractivity contribution is 7.89. The van der Waals surface area contributed by atoms with E-state index < -0.39 is 10.0 Å². The van der Waals surface area contributed by atoms with E-state index in [0.717, 1.165) is 6.42 Å². The van der Waals surface area contributed by atoms with Gasteiger partial charge in [0.15, 0.2) is 0 Å². The lowest BCUT2D eigenvalue weighted by Crippen LogP contribution is -2.30. The van der Waals surface area contributed by atoms with Crippen LogP contribution >= 0.6 is 0 Å². The van der Waals surface area contributed by atoms with Crippen molar-refractivity contribution >= 4 is 10.0 Å². The molecule has 2 aliphatic rings. The monoisotopic (exact) mass is 322 g/mol. The Balaban J connectivity index is 1.74. The first-order valence-electron chi connectivity index (χ1n) is 8.41. The normalized spacial score (nSPS) is 24.7. The molecule has 0 radical (unpaired) electrons. The zero-order valence-electron chi connectivity index (χ0n) is 13.1. The lowest BCUT2D eigenvalue weighted by atomic mass is 9.84. The van der Waals surface area contributed by atoms with E-state index in [1.165, 1.54) is 37.7 Å². The molecule has 1 heterocycles. The Morgan fingerprint density at radius 1 is 1.05 bits per heavy atom. The highest BCUT2D eigenvalue weighted by atomic mass is 32.2. The highest BCUT2D eigenvalue weighted by Gasteiger charge is 2.31. The standard InChI is InChI=1S/C17H26N2O2S/c18-12-14-10-11-19(13-14)22(20,21)17-8-6-16(7-9-17)15-4-2-1-3-5-15/h6-9,14-15H,1-5,10-13,18H2. The number of benzene rings is 1. The van der Waals surface area contributed by atoms with Crippen molar-refractivity contribution in [1.29, 1.82) is 0 Å². The molecule has 1 saturated carbocycles. The molecular formula is C17H26N2O2S. The number of hydrogen-bond acceptors (Lipinski definition) is 3. The molecule has 3 rings (SSSR count). The van der Waals surface area contributed by atoms with Crippen molar-refractivity contribution in [1.82, 2.24) is 4.31 Å². The van der Waals surface area contributed by atoms with Crippen LogP contribution in [0.2, 0.25) is 0 Å². The number of sulfonamides is 1. The largest absolute Gasteiger partial charge is 0.330 e. The van der Waals surface area contributed by atoms with Crippen LogP contribution in [0.25, 0.3) is 0 Å². The fourth-order valence-electron chi connectivity index (χ4n) is 3.70. The molecule has 1 saturated heterocycles. The van der Waals surface area contributed by atoms with Crippen LogP contribution in [0.15, 0.2) is 29.2 Å². The molecule has 2 fully saturated rings. The average molecular weight is 322 g/mol. The van der Waals surface area contributed by atoms with Crippen LogP contribution in [0.1, 0.15) is 50.0 Å². The maximum atomic E-state index is 12.7. The Bertz CT molecular complexity index is 592. The molecule has 0 aromatic heterocycles. The summed E-state index contributed by atoms with van der Waals surface area (Å²) < 4.78 is 26.9. The van der Waals surface area contributed by atoms with Crippen LogP contribution in [0.3, 0.4) is 0 Å². The van der Waals surface area contributed by atoms with E-state index in [9.17, 15) is 8.42 Å². The van der Waals surface area contributed by atoms with Gasteiger partial charge in [0.1, 0.15) is 0 Å². The first kappa shape index (κ1) is 16.0. The summed E-state index contributed by atoms with van der Waals surface area (Å²) in [6.07, 6.45) is 7.25. The molecule has 5 heteroatoms. The number of nitrogens with zero attached hydrogens (tertiary/aromatic N) is 1. The number of hydrogen-bond donors (Lipinski definition) is 1. The lowest BCUT2D eigenvalue weighted by molar-refractivity contribution is 0.443. The minimum atomic E-state index is -3.35. The van der Waals surface area contributed by atoms with Gasteiger partial charge in [0.05, 0.1) is 4.90 Å². The zero-order valence-corrected chi connectivity index (χ0v) is 13.9. The number of nitrogens with two attached hydrogens (primary N) is 1. The maximum absolute atomic E-state index is 12.7. The molecular weight excluding hydrogens is 296 g/mol. The third kappa shape index (κ3) is 3.21. The third-order valence-electron chi connectivity index (χ3n) is 5.18. The van der Waals surface area contributed by atoms with Crippen LogP contribution in [-0.2, 0) is 10.0 Å². The van der Waals surface area contributed by atoms with Gasteiger partial charge in [-0.15, -0.1) is 0 Å². The van der Waals surface area contributed by atoms with Crippen molar-refractivity contribution in [3.63, 3.8) is 0 Å². The van der Waals surface area contributed by atoms with Crippen LogP contribution in [0.5, 0.6) is 0 Å². The summed E-state index contributed by atoms with van der Waals surface area (Å²) in [6.45, 7) is 1.71. The summed E-state index contributed by atoms with van der Waals surface area (Å²) in [6, 6.07) is 7.60. The molecule has 22 heavy (non-hydrogen) atoms. The van der Waals surface area contributed by atoms with E-state index in [1.807, 2.05) is 12.1 Å². The van der Waals surface area contributed by atoms with E-state index in [0.29, 0.717) is 36.4 Å². The average Bonchev–Trinajstić information content (AvgIpc) is 3.06. The summed E-state index contributed by atoms with van der Waals surface area (Å²) >= 11 is 0. The van der Waals surface area contributed by atoms with Gasteiger partial charge in [0.2, 0.25) is 10.0 Å². The Labute approximate surface area is 133 Å². The Morgan fingerprint density at radius 2 is 1.73 bits per heavy atom. The van der Waals surface area contributed by atoms with E-state index >= 15 is 0 Å². The zero-order chi connectivity index (χ0) is 15.6. The second-order valence-corrected chi connectivity index (χ2v) is 8.60. The predicted octanol–water partition coefficient (Wildman–Crippen LogP) is 2.70. The Morgan fingerprint density at radius 3 is 2.32 bits per heavy atom. The Hall–Kier alpha value is -0.910. The summed E-state index contributed by atoms with van der Waals surface area (Å²) in [4.78, 5) is 0.421. The van der Waals surface area contributed by atoms with Crippen LogP contribution in [0.4, 0.5) is 0 Å². The van der Waals surface area contributed by atoms with Gasteiger partial charge in [-0.05, 0) is 55.3 Å². The van der Waals surface area contributed by atoms with Crippen molar-refractivity contribution < 1.29 is 8.42 Å². The summed E-state index contributed by atoms with van der Waals surface area (Å²) in [5.41, 5.74) is 6.95. The van der Waals surface area contributed by atoms with Gasteiger partial charge in [-0.1, -0.05) is 31.4 Å². The fraction of sp³-hybridized carbons (Fsp3) is 0.647. The molecule has 4 nitrogen and oxygen atoms in total. The van der Waals surface area contributed by atoms with Crippen molar-refractivity contribution in [3.05, 3.63) is 29.8 Å². The topological polar surface area (TPSA) is 63.4 Å². The van der Waals surface area contributed by atoms with Crippen molar-refractivity contribution in [3.8, 4) is 0 Å².